The van der Waals surface area contributed by atoms with Crippen LogP contribution in [-0.2, 0) is 0 Å². The van der Waals surface area contributed by atoms with E-state index in [-0.39, 0.29) is 0 Å². The lowest BCUT2D eigenvalue weighted by Gasteiger charge is -2.14. The van der Waals surface area contributed by atoms with Crippen LogP contribution in [0.4, 0.5) is 0 Å². The average Bonchev–Trinajstić information content (AvgIpc) is 3.52. The molecule has 0 spiro atoms. The smallest absolute Gasteiger partial charge is 0.147 e. The molecule has 210 valence electrons. The normalized spacial score (nSPS) is 11.6. The van der Waals surface area contributed by atoms with E-state index in [2.05, 4.69) is 94.9 Å². The third-order valence-electron chi connectivity index (χ3n) is 8.37. The zero-order valence-corrected chi connectivity index (χ0v) is 24.1. The van der Waals surface area contributed by atoms with Gasteiger partial charge in [-0.25, -0.2) is 9.97 Å². The molecule has 0 aliphatic carbocycles. The van der Waals surface area contributed by atoms with E-state index < -0.39 is 0 Å². The Bertz CT molecular complexity index is 2480. The zero-order chi connectivity index (χ0) is 29.7. The standard InChI is InChI=1S/C40H24N4O/c1-2-13-27-25(11-1)12-9-16-29(27)39-37-30-14-3-4-20-36(30)45-40(37)31-17-10-15-28(38(31)44-39)26-23-34(32-18-5-7-21-41-32)43-35(24-26)33-19-6-8-22-42-33/h1-24H. The number of fused-ring (bicyclic) bond motifs is 6. The maximum absolute atomic E-state index is 6.64. The molecule has 9 rings (SSSR count). The van der Waals surface area contributed by atoms with Gasteiger partial charge in [-0.2, -0.15) is 0 Å². The Balaban J connectivity index is 1.39. The molecule has 4 aromatic carbocycles. The van der Waals surface area contributed by atoms with Crippen LogP contribution in [0.2, 0.25) is 0 Å². The number of para-hydroxylation sites is 2. The first kappa shape index (κ1) is 25.3. The number of aromatic nitrogens is 4. The fourth-order valence-electron chi connectivity index (χ4n) is 6.32. The predicted octanol–water partition coefficient (Wildman–Crippen LogP) is 10.1. The van der Waals surface area contributed by atoms with Crippen LogP contribution in [-0.4, -0.2) is 19.9 Å². The fraction of sp³-hybridized carbons (Fsp3) is 0. The van der Waals surface area contributed by atoms with E-state index in [1.807, 2.05) is 48.5 Å². The molecule has 0 fully saturated rings. The lowest BCUT2D eigenvalue weighted by Crippen LogP contribution is -1.95. The van der Waals surface area contributed by atoms with Crippen LogP contribution in [0.3, 0.4) is 0 Å². The molecule has 0 aliphatic rings. The summed E-state index contributed by atoms with van der Waals surface area (Å²) in [6.45, 7) is 0. The van der Waals surface area contributed by atoms with Crippen LogP contribution >= 0.6 is 0 Å². The fourth-order valence-corrected chi connectivity index (χ4v) is 6.32. The third kappa shape index (κ3) is 4.17. The summed E-state index contributed by atoms with van der Waals surface area (Å²) in [5, 5.41) is 5.34. The molecule has 0 bridgehead atoms. The van der Waals surface area contributed by atoms with E-state index >= 15 is 0 Å². The summed E-state index contributed by atoms with van der Waals surface area (Å²) in [4.78, 5) is 19.7. The molecule has 0 amide bonds. The lowest BCUT2D eigenvalue weighted by atomic mass is 9.95. The first-order chi connectivity index (χ1) is 22.3. The second kappa shape index (κ2) is 10.2. The number of hydrogen-bond acceptors (Lipinski definition) is 5. The molecule has 5 aromatic heterocycles. The molecule has 5 heteroatoms. The van der Waals surface area contributed by atoms with Gasteiger partial charge >= 0.3 is 0 Å². The van der Waals surface area contributed by atoms with Gasteiger partial charge in [0.05, 0.1) is 39.4 Å². The Morgan fingerprint density at radius 1 is 0.467 bits per heavy atom. The highest BCUT2D eigenvalue weighted by Gasteiger charge is 2.21. The van der Waals surface area contributed by atoms with Gasteiger partial charge in [0.2, 0.25) is 0 Å². The van der Waals surface area contributed by atoms with Crippen molar-refractivity contribution in [1.82, 2.24) is 19.9 Å². The van der Waals surface area contributed by atoms with Gasteiger partial charge in [-0.1, -0.05) is 84.9 Å². The maximum atomic E-state index is 6.64. The van der Waals surface area contributed by atoms with Crippen LogP contribution in [0.1, 0.15) is 0 Å². The summed E-state index contributed by atoms with van der Waals surface area (Å²) in [7, 11) is 0. The predicted molar refractivity (Wildman–Crippen MR) is 182 cm³/mol. The van der Waals surface area contributed by atoms with Crippen LogP contribution in [0, 0.1) is 0 Å². The van der Waals surface area contributed by atoms with E-state index in [4.69, 9.17) is 14.4 Å². The topological polar surface area (TPSA) is 64.7 Å². The minimum Gasteiger partial charge on any atom is -0.455 e. The molecule has 9 aromatic rings. The molecule has 5 heterocycles. The summed E-state index contributed by atoms with van der Waals surface area (Å²) in [6, 6.07) is 45.3. The highest BCUT2D eigenvalue weighted by Crippen LogP contribution is 2.43. The van der Waals surface area contributed by atoms with Gasteiger partial charge in [-0.3, -0.25) is 9.97 Å². The highest BCUT2D eigenvalue weighted by atomic mass is 16.3. The highest BCUT2D eigenvalue weighted by molar-refractivity contribution is 6.22. The number of furan rings is 1. The summed E-state index contributed by atoms with van der Waals surface area (Å²) in [5.74, 6) is 0. The molecular formula is C40H24N4O. The summed E-state index contributed by atoms with van der Waals surface area (Å²) in [5.41, 5.74) is 9.57. The SMILES string of the molecule is c1ccc(-c2cc(-c3cccc4c3nc(-c3cccc5ccccc35)c3c5ccccc5oc43)cc(-c3ccccn3)n2)nc1. The van der Waals surface area contributed by atoms with Gasteiger partial charge in [-0.05, 0) is 64.9 Å². The van der Waals surface area contributed by atoms with E-state index in [1.54, 1.807) is 12.4 Å². The quantitative estimate of drug-likeness (QED) is 0.209. The third-order valence-corrected chi connectivity index (χ3v) is 8.37. The Labute approximate surface area is 258 Å². The molecular weight excluding hydrogens is 552 g/mol. The van der Waals surface area contributed by atoms with Crippen molar-refractivity contribution in [1.29, 1.82) is 0 Å². The molecule has 0 unspecified atom stereocenters. The number of rotatable bonds is 4. The Morgan fingerprint density at radius 2 is 1.09 bits per heavy atom. The Kier molecular flexibility index (Phi) is 5.74. The van der Waals surface area contributed by atoms with E-state index in [9.17, 15) is 0 Å². The summed E-state index contributed by atoms with van der Waals surface area (Å²) >= 11 is 0. The van der Waals surface area contributed by atoms with Gasteiger partial charge in [0.1, 0.15) is 11.2 Å². The van der Waals surface area contributed by atoms with E-state index in [0.29, 0.717) is 0 Å². The minimum atomic E-state index is 0.768. The van der Waals surface area contributed by atoms with Crippen molar-refractivity contribution in [3.63, 3.8) is 0 Å². The Morgan fingerprint density at radius 3 is 1.84 bits per heavy atom. The van der Waals surface area contributed by atoms with Gasteiger partial charge in [0.15, 0.2) is 0 Å². The van der Waals surface area contributed by atoms with Gasteiger partial charge in [0.25, 0.3) is 0 Å². The summed E-state index contributed by atoms with van der Waals surface area (Å²) in [6.07, 6.45) is 3.58. The number of nitrogens with zero attached hydrogens (tertiary/aromatic N) is 4. The number of hydrogen-bond donors (Lipinski definition) is 0. The minimum absolute atomic E-state index is 0.768. The van der Waals surface area contributed by atoms with Crippen molar-refractivity contribution in [2.45, 2.75) is 0 Å². The molecule has 0 saturated carbocycles. The second-order valence-corrected chi connectivity index (χ2v) is 11.0. The molecule has 0 N–H and O–H groups in total. The van der Waals surface area contributed by atoms with Crippen molar-refractivity contribution in [2.24, 2.45) is 0 Å². The van der Waals surface area contributed by atoms with Crippen molar-refractivity contribution in [3.8, 4) is 45.2 Å². The van der Waals surface area contributed by atoms with Gasteiger partial charge < -0.3 is 4.42 Å². The maximum Gasteiger partial charge on any atom is 0.147 e. The number of benzene rings is 4. The Hall–Kier alpha value is -6.20. The average molecular weight is 577 g/mol. The van der Waals surface area contributed by atoms with Crippen LogP contribution in [0.25, 0.3) is 88.8 Å². The van der Waals surface area contributed by atoms with Crippen molar-refractivity contribution in [2.75, 3.05) is 0 Å². The van der Waals surface area contributed by atoms with Crippen molar-refractivity contribution >= 4 is 43.6 Å². The van der Waals surface area contributed by atoms with Crippen LogP contribution in [0.15, 0.2) is 150 Å². The lowest BCUT2D eigenvalue weighted by molar-refractivity contribution is 0.672. The molecule has 0 aliphatic heterocycles. The van der Waals surface area contributed by atoms with Crippen LogP contribution in [0.5, 0.6) is 0 Å². The molecule has 0 radical (unpaired) electrons. The summed E-state index contributed by atoms with van der Waals surface area (Å²) < 4.78 is 6.64. The molecule has 5 nitrogen and oxygen atoms in total. The zero-order valence-electron chi connectivity index (χ0n) is 24.1. The first-order valence-corrected chi connectivity index (χ1v) is 14.9. The van der Waals surface area contributed by atoms with E-state index in [0.717, 1.165) is 83.4 Å². The molecule has 45 heavy (non-hydrogen) atoms. The largest absolute Gasteiger partial charge is 0.455 e. The van der Waals surface area contributed by atoms with Gasteiger partial charge in [0, 0.05) is 34.3 Å². The van der Waals surface area contributed by atoms with Crippen molar-refractivity contribution in [3.05, 3.63) is 146 Å². The monoisotopic (exact) mass is 576 g/mol. The van der Waals surface area contributed by atoms with Gasteiger partial charge in [-0.15, -0.1) is 0 Å². The number of pyridine rings is 4. The van der Waals surface area contributed by atoms with E-state index in [1.165, 1.54) is 5.39 Å². The van der Waals surface area contributed by atoms with Crippen LogP contribution < -0.4 is 0 Å². The second-order valence-electron chi connectivity index (χ2n) is 11.0. The molecule has 0 saturated heterocycles. The first-order valence-electron chi connectivity index (χ1n) is 14.9. The van der Waals surface area contributed by atoms with Crippen molar-refractivity contribution < 1.29 is 4.42 Å². The molecule has 0 atom stereocenters.